The van der Waals surface area contributed by atoms with Crippen LogP contribution < -0.4 is 5.32 Å². The molecular weight excluding hydrogens is 250 g/mol. The van der Waals surface area contributed by atoms with Crippen molar-refractivity contribution in [3.8, 4) is 0 Å². The molecule has 1 fully saturated rings. The van der Waals surface area contributed by atoms with Gasteiger partial charge in [0.25, 0.3) is 0 Å². The number of rotatable bonds is 5. The van der Waals surface area contributed by atoms with Crippen molar-refractivity contribution < 1.29 is 9.90 Å². The van der Waals surface area contributed by atoms with Crippen LogP contribution in [0.2, 0.25) is 5.02 Å². The maximum atomic E-state index is 11.6. The standard InChI is InChI=1S/C14H16ClNO2/c15-12-4-2-1-3-11(12)5-6-13(18)16-9-14(10-17)7-8-14/h1-6,17H,7-10H2,(H,16,18). The first-order valence-corrected chi connectivity index (χ1v) is 6.34. The summed E-state index contributed by atoms with van der Waals surface area (Å²) in [5, 5.41) is 12.5. The van der Waals surface area contributed by atoms with Crippen LogP contribution >= 0.6 is 11.6 Å². The van der Waals surface area contributed by atoms with Gasteiger partial charge in [0.1, 0.15) is 0 Å². The maximum absolute atomic E-state index is 11.6. The lowest BCUT2D eigenvalue weighted by Gasteiger charge is -2.11. The smallest absolute Gasteiger partial charge is 0.244 e. The Kier molecular flexibility index (Phi) is 4.04. The molecule has 1 aromatic rings. The molecule has 3 nitrogen and oxygen atoms in total. The second-order valence-electron chi connectivity index (χ2n) is 4.73. The molecular formula is C14H16ClNO2. The highest BCUT2D eigenvalue weighted by molar-refractivity contribution is 6.32. The van der Waals surface area contributed by atoms with Crippen LogP contribution in [0.25, 0.3) is 6.08 Å². The molecule has 1 amide bonds. The molecule has 0 aromatic heterocycles. The Balaban J connectivity index is 1.86. The highest BCUT2D eigenvalue weighted by atomic mass is 35.5. The predicted molar refractivity (Wildman–Crippen MR) is 72.2 cm³/mol. The largest absolute Gasteiger partial charge is 0.396 e. The number of aliphatic hydroxyl groups excluding tert-OH is 1. The fourth-order valence-corrected chi connectivity index (χ4v) is 1.88. The first kappa shape index (κ1) is 13.1. The molecule has 1 aliphatic rings. The van der Waals surface area contributed by atoms with Gasteiger partial charge in [0.2, 0.25) is 5.91 Å². The number of amides is 1. The van der Waals surface area contributed by atoms with Gasteiger partial charge in [0.15, 0.2) is 0 Å². The van der Waals surface area contributed by atoms with Gasteiger partial charge in [-0.25, -0.2) is 0 Å². The average Bonchev–Trinajstić information content (AvgIpc) is 3.16. The second kappa shape index (κ2) is 5.55. The van der Waals surface area contributed by atoms with Gasteiger partial charge in [-0.3, -0.25) is 4.79 Å². The summed E-state index contributed by atoms with van der Waals surface area (Å²) in [5.74, 6) is -0.158. The van der Waals surface area contributed by atoms with Crippen molar-refractivity contribution in [1.82, 2.24) is 5.32 Å². The minimum absolute atomic E-state index is 0.0616. The number of carbonyl (C=O) groups excluding carboxylic acids is 1. The molecule has 0 saturated heterocycles. The van der Waals surface area contributed by atoms with Crippen molar-refractivity contribution in [2.45, 2.75) is 12.8 Å². The summed E-state index contributed by atoms with van der Waals surface area (Å²) in [4.78, 5) is 11.6. The Morgan fingerprint density at radius 1 is 1.44 bits per heavy atom. The molecule has 18 heavy (non-hydrogen) atoms. The number of aliphatic hydroxyl groups is 1. The Labute approximate surface area is 111 Å². The molecule has 1 aliphatic carbocycles. The average molecular weight is 266 g/mol. The topological polar surface area (TPSA) is 49.3 Å². The van der Waals surface area contributed by atoms with Crippen molar-refractivity contribution in [2.75, 3.05) is 13.2 Å². The first-order chi connectivity index (χ1) is 8.65. The maximum Gasteiger partial charge on any atom is 0.244 e. The van der Waals surface area contributed by atoms with E-state index in [1.54, 1.807) is 12.1 Å². The Morgan fingerprint density at radius 2 is 2.17 bits per heavy atom. The molecule has 0 unspecified atom stereocenters. The summed E-state index contributed by atoms with van der Waals surface area (Å²) in [5.41, 5.74) is 0.756. The van der Waals surface area contributed by atoms with Crippen molar-refractivity contribution in [1.29, 1.82) is 0 Å². The third kappa shape index (κ3) is 3.34. The summed E-state index contributed by atoms with van der Waals surface area (Å²) in [6.07, 6.45) is 5.13. The van der Waals surface area contributed by atoms with Gasteiger partial charge >= 0.3 is 0 Å². The van der Waals surface area contributed by atoms with E-state index in [-0.39, 0.29) is 17.9 Å². The minimum atomic E-state index is -0.158. The highest BCUT2D eigenvalue weighted by Crippen LogP contribution is 2.44. The molecule has 0 radical (unpaired) electrons. The summed E-state index contributed by atoms with van der Waals surface area (Å²) in [6, 6.07) is 7.35. The second-order valence-corrected chi connectivity index (χ2v) is 5.14. The summed E-state index contributed by atoms with van der Waals surface area (Å²) < 4.78 is 0. The van der Waals surface area contributed by atoms with Gasteiger partial charge in [0.05, 0.1) is 6.61 Å². The summed E-state index contributed by atoms with van der Waals surface area (Å²) in [7, 11) is 0. The van der Waals surface area contributed by atoms with Crippen LogP contribution in [0.4, 0.5) is 0 Å². The Hall–Kier alpha value is -1.32. The number of halogens is 1. The van der Waals surface area contributed by atoms with Crippen molar-refractivity contribution in [3.05, 3.63) is 40.9 Å². The zero-order chi connectivity index (χ0) is 13.0. The molecule has 2 rings (SSSR count). The van der Waals surface area contributed by atoms with Crippen molar-refractivity contribution >= 4 is 23.6 Å². The molecule has 0 heterocycles. The van der Waals surface area contributed by atoms with Gasteiger partial charge in [0, 0.05) is 23.1 Å². The monoisotopic (exact) mass is 265 g/mol. The molecule has 0 atom stereocenters. The Bertz CT molecular complexity index is 467. The van der Waals surface area contributed by atoms with Crippen LogP contribution in [0.15, 0.2) is 30.3 Å². The lowest BCUT2D eigenvalue weighted by Crippen LogP contribution is -2.30. The van der Waals surface area contributed by atoms with Crippen molar-refractivity contribution in [3.63, 3.8) is 0 Å². The van der Waals surface area contributed by atoms with Crippen LogP contribution in [-0.4, -0.2) is 24.2 Å². The van der Waals surface area contributed by atoms with Crippen LogP contribution in [-0.2, 0) is 4.79 Å². The SMILES string of the molecule is O=C(C=Cc1ccccc1Cl)NCC1(CO)CC1. The molecule has 96 valence electrons. The van der Waals surface area contributed by atoms with E-state index in [4.69, 9.17) is 16.7 Å². The van der Waals surface area contributed by atoms with E-state index in [0.29, 0.717) is 11.6 Å². The third-order valence-corrected chi connectivity index (χ3v) is 3.59. The van der Waals surface area contributed by atoms with E-state index in [9.17, 15) is 4.79 Å². The number of carbonyl (C=O) groups is 1. The number of hydrogen-bond donors (Lipinski definition) is 2. The van der Waals surface area contributed by atoms with Gasteiger partial charge < -0.3 is 10.4 Å². The minimum Gasteiger partial charge on any atom is -0.396 e. The summed E-state index contributed by atoms with van der Waals surface area (Å²) >= 11 is 5.97. The number of benzene rings is 1. The van der Waals surface area contributed by atoms with Crippen LogP contribution in [0, 0.1) is 5.41 Å². The highest BCUT2D eigenvalue weighted by Gasteiger charge is 2.41. The quantitative estimate of drug-likeness (QED) is 0.803. The molecule has 0 spiro atoms. The van der Waals surface area contributed by atoms with Gasteiger partial charge in [-0.15, -0.1) is 0 Å². The predicted octanol–water partition coefficient (Wildman–Crippen LogP) is 2.24. The van der Waals surface area contributed by atoms with Crippen LogP contribution in [0.1, 0.15) is 18.4 Å². The van der Waals surface area contributed by atoms with E-state index in [1.807, 2.05) is 18.2 Å². The fraction of sp³-hybridized carbons (Fsp3) is 0.357. The van der Waals surface area contributed by atoms with Crippen molar-refractivity contribution in [2.24, 2.45) is 5.41 Å². The zero-order valence-electron chi connectivity index (χ0n) is 10.0. The van der Waals surface area contributed by atoms with E-state index >= 15 is 0 Å². The van der Waals surface area contributed by atoms with Gasteiger partial charge in [-0.05, 0) is 30.5 Å². The lowest BCUT2D eigenvalue weighted by molar-refractivity contribution is -0.116. The van der Waals surface area contributed by atoms with Crippen LogP contribution in [0.5, 0.6) is 0 Å². The van der Waals surface area contributed by atoms with E-state index in [2.05, 4.69) is 5.32 Å². The number of nitrogens with one attached hydrogen (secondary N) is 1. The lowest BCUT2D eigenvalue weighted by atomic mass is 10.1. The molecule has 1 aromatic carbocycles. The molecule has 1 saturated carbocycles. The fourth-order valence-electron chi connectivity index (χ4n) is 1.68. The van der Waals surface area contributed by atoms with E-state index in [1.165, 1.54) is 6.08 Å². The van der Waals surface area contributed by atoms with E-state index in [0.717, 1.165) is 18.4 Å². The first-order valence-electron chi connectivity index (χ1n) is 5.97. The molecule has 0 bridgehead atoms. The zero-order valence-corrected chi connectivity index (χ0v) is 10.8. The molecule has 4 heteroatoms. The molecule has 0 aliphatic heterocycles. The Morgan fingerprint density at radius 3 is 2.78 bits per heavy atom. The van der Waals surface area contributed by atoms with E-state index < -0.39 is 0 Å². The van der Waals surface area contributed by atoms with Crippen LogP contribution in [0.3, 0.4) is 0 Å². The van der Waals surface area contributed by atoms with Gasteiger partial charge in [-0.2, -0.15) is 0 Å². The normalized spacial score (nSPS) is 16.8. The third-order valence-electron chi connectivity index (χ3n) is 3.25. The summed E-state index contributed by atoms with van der Waals surface area (Å²) in [6.45, 7) is 0.677. The molecule has 2 N–H and O–H groups in total. The number of hydrogen-bond acceptors (Lipinski definition) is 2. The van der Waals surface area contributed by atoms with Gasteiger partial charge in [-0.1, -0.05) is 29.8 Å².